The predicted molar refractivity (Wildman–Crippen MR) is 65.5 cm³/mol. The molecule has 1 fully saturated rings. The molecule has 0 atom stereocenters. The SMILES string of the molecule is CN1CCN(C(=O)c2ccc(CN)cn2)CC1. The molecule has 0 spiro atoms. The third-order valence-corrected chi connectivity index (χ3v) is 3.07. The van der Waals surface area contributed by atoms with Crippen LogP contribution in [0.25, 0.3) is 0 Å². The average molecular weight is 234 g/mol. The highest BCUT2D eigenvalue weighted by Gasteiger charge is 2.20. The van der Waals surface area contributed by atoms with Crippen molar-refractivity contribution in [1.29, 1.82) is 0 Å². The summed E-state index contributed by atoms with van der Waals surface area (Å²) in [4.78, 5) is 20.3. The Morgan fingerprint density at radius 1 is 1.35 bits per heavy atom. The van der Waals surface area contributed by atoms with E-state index in [2.05, 4.69) is 16.9 Å². The highest BCUT2D eigenvalue weighted by atomic mass is 16.2. The lowest BCUT2D eigenvalue weighted by molar-refractivity contribution is 0.0658. The largest absolute Gasteiger partial charge is 0.335 e. The van der Waals surface area contributed by atoms with Crippen LogP contribution in [0, 0.1) is 0 Å². The summed E-state index contributed by atoms with van der Waals surface area (Å²) >= 11 is 0. The van der Waals surface area contributed by atoms with Crippen LogP contribution in [0.5, 0.6) is 0 Å². The molecule has 0 aliphatic carbocycles. The first-order valence-electron chi connectivity index (χ1n) is 5.83. The Kier molecular flexibility index (Phi) is 3.71. The maximum absolute atomic E-state index is 12.1. The van der Waals surface area contributed by atoms with Crippen molar-refractivity contribution in [2.45, 2.75) is 6.54 Å². The van der Waals surface area contributed by atoms with E-state index in [4.69, 9.17) is 5.73 Å². The van der Waals surface area contributed by atoms with Crippen molar-refractivity contribution in [3.05, 3.63) is 29.6 Å². The molecule has 1 aromatic rings. The molecule has 2 heterocycles. The van der Waals surface area contributed by atoms with Crippen molar-refractivity contribution in [3.63, 3.8) is 0 Å². The van der Waals surface area contributed by atoms with Crippen LogP contribution in [0.4, 0.5) is 0 Å². The number of aromatic nitrogens is 1. The summed E-state index contributed by atoms with van der Waals surface area (Å²) < 4.78 is 0. The first-order chi connectivity index (χ1) is 8.20. The highest BCUT2D eigenvalue weighted by Crippen LogP contribution is 2.07. The molecule has 5 heteroatoms. The molecule has 17 heavy (non-hydrogen) atoms. The van der Waals surface area contributed by atoms with E-state index in [1.54, 1.807) is 12.3 Å². The number of carbonyl (C=O) groups is 1. The van der Waals surface area contributed by atoms with E-state index in [9.17, 15) is 4.79 Å². The van der Waals surface area contributed by atoms with E-state index in [0.717, 1.165) is 31.7 Å². The number of hydrogen-bond acceptors (Lipinski definition) is 4. The summed E-state index contributed by atoms with van der Waals surface area (Å²) in [6, 6.07) is 3.61. The zero-order chi connectivity index (χ0) is 12.3. The Labute approximate surface area is 101 Å². The summed E-state index contributed by atoms with van der Waals surface area (Å²) in [5.41, 5.74) is 6.94. The van der Waals surface area contributed by atoms with Gasteiger partial charge in [-0.1, -0.05) is 6.07 Å². The Balaban J connectivity index is 2.03. The van der Waals surface area contributed by atoms with Gasteiger partial charge in [0.1, 0.15) is 5.69 Å². The van der Waals surface area contributed by atoms with Crippen LogP contribution in [0.2, 0.25) is 0 Å². The Bertz CT molecular complexity index is 382. The molecule has 92 valence electrons. The minimum atomic E-state index is 0.0154. The standard InChI is InChI=1S/C12H18N4O/c1-15-4-6-16(7-5-15)12(17)11-3-2-10(8-13)9-14-11/h2-3,9H,4-8,13H2,1H3. The van der Waals surface area contributed by atoms with Gasteiger partial charge in [0.05, 0.1) is 0 Å². The molecule has 1 aliphatic rings. The van der Waals surface area contributed by atoms with Crippen molar-refractivity contribution < 1.29 is 4.79 Å². The molecule has 1 aromatic heterocycles. The zero-order valence-corrected chi connectivity index (χ0v) is 10.1. The summed E-state index contributed by atoms with van der Waals surface area (Å²) in [7, 11) is 2.07. The van der Waals surface area contributed by atoms with E-state index in [0.29, 0.717) is 12.2 Å². The quantitative estimate of drug-likeness (QED) is 0.778. The fourth-order valence-corrected chi connectivity index (χ4v) is 1.84. The molecule has 2 rings (SSSR count). The highest BCUT2D eigenvalue weighted by molar-refractivity contribution is 5.92. The third kappa shape index (κ3) is 2.81. The fraction of sp³-hybridized carbons (Fsp3) is 0.500. The molecule has 2 N–H and O–H groups in total. The fourth-order valence-electron chi connectivity index (χ4n) is 1.84. The first-order valence-corrected chi connectivity index (χ1v) is 5.83. The van der Waals surface area contributed by atoms with Gasteiger partial charge in [-0.2, -0.15) is 0 Å². The Morgan fingerprint density at radius 2 is 2.06 bits per heavy atom. The van der Waals surface area contributed by atoms with Gasteiger partial charge in [0.25, 0.3) is 5.91 Å². The number of rotatable bonds is 2. The maximum atomic E-state index is 12.1. The smallest absolute Gasteiger partial charge is 0.272 e. The second kappa shape index (κ2) is 5.25. The summed E-state index contributed by atoms with van der Waals surface area (Å²) in [5.74, 6) is 0.0154. The molecule has 5 nitrogen and oxygen atoms in total. The number of piperazine rings is 1. The summed E-state index contributed by atoms with van der Waals surface area (Å²) in [6.45, 7) is 3.85. The summed E-state index contributed by atoms with van der Waals surface area (Å²) in [5, 5.41) is 0. The van der Waals surface area contributed by atoms with Crippen LogP contribution in [-0.4, -0.2) is 53.9 Å². The first kappa shape index (κ1) is 12.0. The normalized spacial score (nSPS) is 17.2. The lowest BCUT2D eigenvalue weighted by Gasteiger charge is -2.32. The van der Waals surface area contributed by atoms with E-state index in [1.165, 1.54) is 0 Å². The molecular formula is C12H18N4O. The van der Waals surface area contributed by atoms with Gasteiger partial charge in [-0.15, -0.1) is 0 Å². The molecular weight excluding hydrogens is 216 g/mol. The van der Waals surface area contributed by atoms with Crippen molar-refractivity contribution in [2.75, 3.05) is 33.2 Å². The molecule has 0 saturated carbocycles. The van der Waals surface area contributed by atoms with Crippen LogP contribution in [0.3, 0.4) is 0 Å². The van der Waals surface area contributed by atoms with Gasteiger partial charge < -0.3 is 15.5 Å². The Morgan fingerprint density at radius 3 is 2.59 bits per heavy atom. The van der Waals surface area contributed by atoms with Crippen molar-refractivity contribution >= 4 is 5.91 Å². The lowest BCUT2D eigenvalue weighted by atomic mass is 10.2. The van der Waals surface area contributed by atoms with Crippen molar-refractivity contribution in [1.82, 2.24) is 14.8 Å². The van der Waals surface area contributed by atoms with Crippen LogP contribution in [-0.2, 0) is 6.54 Å². The van der Waals surface area contributed by atoms with Crippen LogP contribution >= 0.6 is 0 Å². The van der Waals surface area contributed by atoms with Crippen molar-refractivity contribution in [3.8, 4) is 0 Å². The number of nitrogens with two attached hydrogens (primary N) is 1. The average Bonchev–Trinajstić information content (AvgIpc) is 2.39. The topological polar surface area (TPSA) is 62.5 Å². The monoisotopic (exact) mass is 234 g/mol. The van der Waals surface area contributed by atoms with E-state index in [1.807, 2.05) is 11.0 Å². The van der Waals surface area contributed by atoms with Gasteiger partial charge in [0.15, 0.2) is 0 Å². The molecule has 0 aromatic carbocycles. The number of hydrogen-bond donors (Lipinski definition) is 1. The van der Waals surface area contributed by atoms with Crippen molar-refractivity contribution in [2.24, 2.45) is 5.73 Å². The molecule has 0 radical (unpaired) electrons. The minimum Gasteiger partial charge on any atom is -0.335 e. The number of pyridine rings is 1. The number of likely N-dealkylation sites (N-methyl/N-ethyl adjacent to an activating group) is 1. The molecule has 1 amide bonds. The van der Waals surface area contributed by atoms with Gasteiger partial charge in [0.2, 0.25) is 0 Å². The second-order valence-electron chi connectivity index (χ2n) is 4.35. The van der Waals surface area contributed by atoms with Gasteiger partial charge >= 0.3 is 0 Å². The van der Waals surface area contributed by atoms with E-state index < -0.39 is 0 Å². The van der Waals surface area contributed by atoms with Crippen LogP contribution < -0.4 is 5.73 Å². The zero-order valence-electron chi connectivity index (χ0n) is 10.1. The molecule has 0 unspecified atom stereocenters. The van der Waals surface area contributed by atoms with Gasteiger partial charge in [-0.25, -0.2) is 0 Å². The maximum Gasteiger partial charge on any atom is 0.272 e. The van der Waals surface area contributed by atoms with Crippen LogP contribution in [0.1, 0.15) is 16.1 Å². The second-order valence-corrected chi connectivity index (χ2v) is 4.35. The van der Waals surface area contributed by atoms with Gasteiger partial charge in [-0.05, 0) is 18.7 Å². The minimum absolute atomic E-state index is 0.0154. The third-order valence-electron chi connectivity index (χ3n) is 3.07. The predicted octanol–water partition coefficient (Wildman–Crippen LogP) is -0.0721. The number of amides is 1. The summed E-state index contributed by atoms with van der Waals surface area (Å²) in [6.07, 6.45) is 1.67. The lowest BCUT2D eigenvalue weighted by Crippen LogP contribution is -2.47. The molecule has 0 bridgehead atoms. The molecule has 1 saturated heterocycles. The number of nitrogens with zero attached hydrogens (tertiary/aromatic N) is 3. The van der Waals surface area contributed by atoms with Gasteiger partial charge in [-0.3, -0.25) is 9.78 Å². The van der Waals surface area contributed by atoms with Gasteiger partial charge in [0, 0.05) is 38.9 Å². The van der Waals surface area contributed by atoms with Crippen LogP contribution in [0.15, 0.2) is 18.3 Å². The molecule has 1 aliphatic heterocycles. The Hall–Kier alpha value is -1.46. The number of carbonyl (C=O) groups excluding carboxylic acids is 1. The van der Waals surface area contributed by atoms with E-state index in [-0.39, 0.29) is 5.91 Å². The van der Waals surface area contributed by atoms with E-state index >= 15 is 0 Å².